The average molecular weight is 104 g/mol. The summed E-state index contributed by atoms with van der Waals surface area (Å²) >= 11 is 0. The molecular weight excluding hydrogens is 92.1 g/mol. The molecule has 0 unspecified atom stereocenters. The molecule has 1 saturated heterocycles. The molecule has 1 heteroatoms. The lowest BCUT2D eigenvalue weighted by atomic mass is 11.0. The summed E-state index contributed by atoms with van der Waals surface area (Å²) in [4.78, 5) is 0. The van der Waals surface area contributed by atoms with Crippen LogP contribution in [0.15, 0.2) is 0 Å². The third-order valence-corrected chi connectivity index (χ3v) is 4.79. The van der Waals surface area contributed by atoms with Gasteiger partial charge in [-0.1, -0.05) is 6.92 Å². The molecule has 0 nitrogen and oxygen atoms in total. The Bertz CT molecular complexity index is 55.0. The molecular formula is C5H12S. The van der Waals surface area contributed by atoms with E-state index in [1.165, 1.54) is 5.75 Å². The van der Waals surface area contributed by atoms with Gasteiger partial charge in [0, 0.05) is 0 Å². The molecule has 1 rings (SSSR count). The third-order valence-electron chi connectivity index (χ3n) is 1.60. The fraction of sp³-hybridized carbons (Fsp3) is 1.00. The van der Waals surface area contributed by atoms with Crippen molar-refractivity contribution in [3.05, 3.63) is 0 Å². The van der Waals surface area contributed by atoms with Crippen LogP contribution in [0.25, 0.3) is 0 Å². The summed E-state index contributed by atoms with van der Waals surface area (Å²) in [7, 11) is 0.0880. The van der Waals surface area contributed by atoms with Gasteiger partial charge >= 0.3 is 0 Å². The van der Waals surface area contributed by atoms with Gasteiger partial charge in [-0.05, 0) is 23.5 Å². The lowest BCUT2D eigenvalue weighted by Crippen LogP contribution is -1.75. The summed E-state index contributed by atoms with van der Waals surface area (Å²) in [6.45, 7) is 2.31. The molecule has 1 aliphatic rings. The van der Waals surface area contributed by atoms with Gasteiger partial charge in [0.05, 0.1) is 0 Å². The first-order chi connectivity index (χ1) is 2.77. The molecule has 0 spiro atoms. The molecule has 38 valence electrons. The maximum atomic E-state index is 2.44. The Hall–Kier alpha value is 0.350. The Morgan fingerprint density at radius 3 is 2.00 bits per heavy atom. The predicted molar refractivity (Wildman–Crippen MR) is 33.8 cm³/mol. The van der Waals surface area contributed by atoms with Gasteiger partial charge in [-0.2, -0.15) is 0 Å². The van der Waals surface area contributed by atoms with Gasteiger partial charge in [-0.3, -0.25) is 0 Å². The molecule has 0 aliphatic carbocycles. The van der Waals surface area contributed by atoms with E-state index in [4.69, 9.17) is 0 Å². The van der Waals surface area contributed by atoms with Crippen LogP contribution in [-0.4, -0.2) is 23.5 Å². The Labute approximate surface area is 41.3 Å². The molecule has 1 fully saturated rings. The molecule has 1 aliphatic heterocycles. The third kappa shape index (κ3) is 0.700. The highest BCUT2D eigenvalue weighted by atomic mass is 32.3. The zero-order valence-corrected chi connectivity index (χ0v) is 5.35. The number of hydrogen-bond donors (Lipinski definition) is 0. The minimum absolute atomic E-state index is 0.0880. The smallest absolute Gasteiger partial charge is 0.0153 e. The Balaban J connectivity index is 2.28. The van der Waals surface area contributed by atoms with Crippen molar-refractivity contribution >= 4 is 10.0 Å². The highest BCUT2D eigenvalue weighted by Crippen LogP contribution is 2.57. The minimum Gasteiger partial charge on any atom is -0.243 e. The zero-order chi connectivity index (χ0) is 4.62. The van der Waals surface area contributed by atoms with Crippen molar-refractivity contribution in [3.63, 3.8) is 0 Å². The van der Waals surface area contributed by atoms with E-state index in [1.54, 1.807) is 11.5 Å². The molecule has 0 aromatic carbocycles. The molecule has 0 aromatic heterocycles. The Kier molecular flexibility index (Phi) is 0.870. The van der Waals surface area contributed by atoms with Crippen molar-refractivity contribution in [2.45, 2.75) is 6.92 Å². The fourth-order valence-electron chi connectivity index (χ4n) is 0.431. The maximum absolute atomic E-state index is 2.44. The lowest BCUT2D eigenvalue weighted by Gasteiger charge is -2.05. The molecule has 0 radical (unpaired) electrons. The van der Waals surface area contributed by atoms with E-state index in [2.05, 4.69) is 13.2 Å². The summed E-state index contributed by atoms with van der Waals surface area (Å²) in [5.74, 6) is 4.58. The van der Waals surface area contributed by atoms with Gasteiger partial charge in [0.25, 0.3) is 0 Å². The molecule has 0 aromatic rings. The molecule has 0 atom stereocenters. The second kappa shape index (κ2) is 1.16. The SMILES string of the molecule is CCS1(C)CC1. The van der Waals surface area contributed by atoms with E-state index in [0.29, 0.717) is 0 Å². The molecule has 1 heterocycles. The van der Waals surface area contributed by atoms with Crippen LogP contribution in [0, 0.1) is 0 Å². The first kappa shape index (κ1) is 4.51. The lowest BCUT2D eigenvalue weighted by molar-refractivity contribution is 1.51. The second-order valence-electron chi connectivity index (χ2n) is 2.18. The summed E-state index contributed by atoms with van der Waals surface area (Å²) in [6, 6.07) is 0. The van der Waals surface area contributed by atoms with Gasteiger partial charge in [0.1, 0.15) is 0 Å². The summed E-state index contributed by atoms with van der Waals surface area (Å²) in [5, 5.41) is 0. The van der Waals surface area contributed by atoms with Crippen LogP contribution in [0.2, 0.25) is 0 Å². The molecule has 6 heavy (non-hydrogen) atoms. The van der Waals surface area contributed by atoms with Crippen LogP contribution in [0.4, 0.5) is 0 Å². The van der Waals surface area contributed by atoms with E-state index in [-0.39, 0.29) is 10.0 Å². The van der Waals surface area contributed by atoms with Crippen LogP contribution in [-0.2, 0) is 0 Å². The number of rotatable bonds is 1. The van der Waals surface area contributed by atoms with E-state index in [0.717, 1.165) is 0 Å². The quantitative estimate of drug-likeness (QED) is 0.442. The van der Waals surface area contributed by atoms with Crippen LogP contribution in [0.3, 0.4) is 0 Å². The number of hydrogen-bond acceptors (Lipinski definition) is 0. The average Bonchev–Trinajstić information content (AvgIpc) is 2.22. The standard InChI is InChI=1S/C5H12S/c1-3-6(2)4-5-6/h3-5H2,1-2H3. The van der Waals surface area contributed by atoms with Crippen molar-refractivity contribution in [2.24, 2.45) is 0 Å². The fourth-order valence-corrected chi connectivity index (χ4v) is 2.15. The van der Waals surface area contributed by atoms with Gasteiger partial charge in [0.2, 0.25) is 0 Å². The van der Waals surface area contributed by atoms with Crippen LogP contribution in [0.1, 0.15) is 6.92 Å². The van der Waals surface area contributed by atoms with E-state index in [1.807, 2.05) is 0 Å². The first-order valence-electron chi connectivity index (χ1n) is 2.48. The van der Waals surface area contributed by atoms with Gasteiger partial charge in [-0.25, -0.2) is 10.0 Å². The highest BCUT2D eigenvalue weighted by molar-refractivity contribution is 8.38. The molecule has 0 N–H and O–H groups in total. The molecule has 0 saturated carbocycles. The van der Waals surface area contributed by atoms with Crippen molar-refractivity contribution < 1.29 is 0 Å². The predicted octanol–water partition coefficient (Wildman–Crippen LogP) is 1.45. The second-order valence-corrected chi connectivity index (χ2v) is 6.53. The zero-order valence-electron chi connectivity index (χ0n) is 4.53. The van der Waals surface area contributed by atoms with Crippen molar-refractivity contribution in [1.82, 2.24) is 0 Å². The van der Waals surface area contributed by atoms with Gasteiger partial charge in [0.15, 0.2) is 0 Å². The summed E-state index contributed by atoms with van der Waals surface area (Å²) in [6.07, 6.45) is 2.44. The Morgan fingerprint density at radius 1 is 1.50 bits per heavy atom. The van der Waals surface area contributed by atoms with Crippen molar-refractivity contribution in [1.29, 1.82) is 0 Å². The monoisotopic (exact) mass is 104 g/mol. The van der Waals surface area contributed by atoms with Crippen LogP contribution in [0.5, 0.6) is 0 Å². The maximum Gasteiger partial charge on any atom is -0.0153 e. The first-order valence-corrected chi connectivity index (χ1v) is 5.03. The normalized spacial score (nSPS) is 32.3. The van der Waals surface area contributed by atoms with Gasteiger partial charge < -0.3 is 0 Å². The van der Waals surface area contributed by atoms with Crippen LogP contribution < -0.4 is 0 Å². The van der Waals surface area contributed by atoms with E-state index < -0.39 is 0 Å². The van der Waals surface area contributed by atoms with Crippen molar-refractivity contribution in [3.8, 4) is 0 Å². The summed E-state index contributed by atoms with van der Waals surface area (Å²) in [5.41, 5.74) is 0. The Morgan fingerprint density at radius 2 is 2.00 bits per heavy atom. The van der Waals surface area contributed by atoms with Crippen molar-refractivity contribution in [2.75, 3.05) is 23.5 Å². The summed E-state index contributed by atoms with van der Waals surface area (Å²) < 4.78 is 0. The van der Waals surface area contributed by atoms with E-state index >= 15 is 0 Å². The largest absolute Gasteiger partial charge is 0.243 e. The minimum atomic E-state index is 0.0880. The van der Waals surface area contributed by atoms with Gasteiger partial charge in [-0.15, -0.1) is 0 Å². The van der Waals surface area contributed by atoms with Crippen LogP contribution >= 0.6 is 10.0 Å². The van der Waals surface area contributed by atoms with E-state index in [9.17, 15) is 0 Å². The topological polar surface area (TPSA) is 0 Å². The highest BCUT2D eigenvalue weighted by Gasteiger charge is 2.28. The molecule has 0 bridgehead atoms. The molecule has 0 amide bonds.